The molecule has 0 aliphatic rings. The number of hydrogen-bond donors (Lipinski definition) is 2. The molecule has 1 aromatic rings. The van der Waals surface area contributed by atoms with Crippen molar-refractivity contribution in [1.82, 2.24) is 4.90 Å². The van der Waals surface area contributed by atoms with Crippen molar-refractivity contribution in [2.75, 3.05) is 25.9 Å². The maximum Gasteiger partial charge on any atom is 0.123 e. The lowest BCUT2D eigenvalue weighted by Gasteiger charge is -2.16. The summed E-state index contributed by atoms with van der Waals surface area (Å²) >= 11 is 0. The van der Waals surface area contributed by atoms with Gasteiger partial charge in [0.05, 0.1) is 6.61 Å². The Morgan fingerprint density at radius 1 is 1.50 bits per heavy atom. The maximum atomic E-state index is 12.9. The van der Waals surface area contributed by atoms with Crippen LogP contribution in [0.15, 0.2) is 18.2 Å². The van der Waals surface area contributed by atoms with Crippen LogP contribution in [0.2, 0.25) is 0 Å². The largest absolute Gasteiger partial charge is 0.398 e. The first-order valence-electron chi connectivity index (χ1n) is 4.47. The minimum absolute atomic E-state index is 0.0890. The highest BCUT2D eigenvalue weighted by molar-refractivity contribution is 5.46. The molecule has 0 aromatic heterocycles. The van der Waals surface area contributed by atoms with Crippen LogP contribution in [0.3, 0.4) is 0 Å². The van der Waals surface area contributed by atoms with E-state index in [0.29, 0.717) is 18.8 Å². The van der Waals surface area contributed by atoms with Gasteiger partial charge in [0.25, 0.3) is 0 Å². The lowest BCUT2D eigenvalue weighted by Crippen LogP contribution is -2.22. The van der Waals surface area contributed by atoms with E-state index in [1.165, 1.54) is 12.1 Å². The molecule has 78 valence electrons. The summed E-state index contributed by atoms with van der Waals surface area (Å²) in [6, 6.07) is 4.31. The smallest absolute Gasteiger partial charge is 0.123 e. The van der Waals surface area contributed by atoms with Gasteiger partial charge >= 0.3 is 0 Å². The van der Waals surface area contributed by atoms with E-state index in [9.17, 15) is 4.39 Å². The first kappa shape index (κ1) is 10.9. The fraction of sp³-hybridized carbons (Fsp3) is 0.400. The van der Waals surface area contributed by atoms with Gasteiger partial charge in [0.2, 0.25) is 0 Å². The van der Waals surface area contributed by atoms with Gasteiger partial charge in [-0.1, -0.05) is 0 Å². The first-order chi connectivity index (χ1) is 6.63. The van der Waals surface area contributed by atoms with Crippen LogP contribution >= 0.6 is 0 Å². The second kappa shape index (κ2) is 4.93. The molecule has 0 atom stereocenters. The number of nitrogen functional groups attached to an aromatic ring is 1. The van der Waals surface area contributed by atoms with Crippen LogP contribution in [-0.4, -0.2) is 30.2 Å². The fourth-order valence-electron chi connectivity index (χ4n) is 1.25. The van der Waals surface area contributed by atoms with Gasteiger partial charge in [0.1, 0.15) is 5.82 Å². The number of nitrogens with two attached hydrogens (primary N) is 1. The van der Waals surface area contributed by atoms with E-state index < -0.39 is 0 Å². The highest BCUT2D eigenvalue weighted by Gasteiger charge is 2.04. The summed E-state index contributed by atoms with van der Waals surface area (Å²) < 4.78 is 12.9. The predicted octanol–water partition coefficient (Wildman–Crippen LogP) is 0.832. The van der Waals surface area contributed by atoms with Crippen LogP contribution < -0.4 is 5.73 Å². The highest BCUT2D eigenvalue weighted by Crippen LogP contribution is 2.14. The van der Waals surface area contributed by atoms with Crippen LogP contribution in [0.5, 0.6) is 0 Å². The third-order valence-electron chi connectivity index (χ3n) is 2.03. The number of aliphatic hydroxyl groups excluding tert-OH is 1. The Bertz CT molecular complexity index is 304. The lowest BCUT2D eigenvalue weighted by molar-refractivity contribution is 0.217. The number of likely N-dealkylation sites (N-methyl/N-ethyl adjacent to an activating group) is 1. The van der Waals surface area contributed by atoms with Gasteiger partial charge in [0, 0.05) is 18.8 Å². The highest BCUT2D eigenvalue weighted by atomic mass is 19.1. The van der Waals surface area contributed by atoms with Crippen molar-refractivity contribution in [1.29, 1.82) is 0 Å². The minimum Gasteiger partial charge on any atom is -0.398 e. The second-order valence-corrected chi connectivity index (χ2v) is 3.30. The monoisotopic (exact) mass is 198 g/mol. The van der Waals surface area contributed by atoms with E-state index in [1.807, 2.05) is 11.9 Å². The van der Waals surface area contributed by atoms with E-state index in [0.717, 1.165) is 5.56 Å². The SMILES string of the molecule is CN(CCO)Cc1cc(F)ccc1N. The fourth-order valence-corrected chi connectivity index (χ4v) is 1.25. The summed E-state index contributed by atoms with van der Waals surface area (Å²) in [6.45, 7) is 1.19. The standard InChI is InChI=1S/C10H15FN2O/c1-13(4-5-14)7-8-6-9(11)2-3-10(8)12/h2-3,6,14H,4-5,7,12H2,1H3. The van der Waals surface area contributed by atoms with Gasteiger partial charge < -0.3 is 10.8 Å². The summed E-state index contributed by atoms with van der Waals surface area (Å²) in [5.74, 6) is -0.286. The normalized spacial score (nSPS) is 10.9. The molecule has 0 spiro atoms. The van der Waals surface area contributed by atoms with E-state index in [4.69, 9.17) is 10.8 Å². The van der Waals surface area contributed by atoms with Crippen molar-refractivity contribution < 1.29 is 9.50 Å². The molecular weight excluding hydrogens is 183 g/mol. The van der Waals surface area contributed by atoms with Crippen molar-refractivity contribution >= 4 is 5.69 Å². The van der Waals surface area contributed by atoms with E-state index >= 15 is 0 Å². The van der Waals surface area contributed by atoms with E-state index in [2.05, 4.69) is 0 Å². The minimum atomic E-state index is -0.286. The number of nitrogens with zero attached hydrogens (tertiary/aromatic N) is 1. The van der Waals surface area contributed by atoms with Crippen molar-refractivity contribution in [3.05, 3.63) is 29.6 Å². The molecule has 0 saturated heterocycles. The molecule has 0 aliphatic carbocycles. The number of halogens is 1. The molecule has 1 rings (SSSR count). The molecule has 14 heavy (non-hydrogen) atoms. The number of aliphatic hydroxyl groups is 1. The second-order valence-electron chi connectivity index (χ2n) is 3.30. The molecule has 3 nitrogen and oxygen atoms in total. The molecule has 0 amide bonds. The Hall–Kier alpha value is -1.13. The number of benzene rings is 1. The van der Waals surface area contributed by atoms with E-state index in [1.54, 1.807) is 6.07 Å². The third kappa shape index (κ3) is 2.97. The zero-order valence-electron chi connectivity index (χ0n) is 8.20. The quantitative estimate of drug-likeness (QED) is 0.705. The molecule has 4 heteroatoms. The average molecular weight is 198 g/mol. The molecule has 0 heterocycles. The molecular formula is C10H15FN2O. The van der Waals surface area contributed by atoms with Gasteiger partial charge in [-0.3, -0.25) is 4.90 Å². The van der Waals surface area contributed by atoms with Crippen molar-refractivity contribution in [3.8, 4) is 0 Å². The molecule has 0 unspecified atom stereocenters. The molecule has 0 saturated carbocycles. The predicted molar refractivity (Wildman–Crippen MR) is 54.2 cm³/mol. The lowest BCUT2D eigenvalue weighted by atomic mass is 10.1. The van der Waals surface area contributed by atoms with Gasteiger partial charge in [-0.2, -0.15) is 0 Å². The number of rotatable bonds is 4. The summed E-state index contributed by atoms with van der Waals surface area (Å²) in [5, 5.41) is 8.69. The molecule has 0 bridgehead atoms. The Labute approximate surface area is 83.0 Å². The molecule has 3 N–H and O–H groups in total. The number of hydrogen-bond acceptors (Lipinski definition) is 3. The van der Waals surface area contributed by atoms with Crippen LogP contribution in [0.4, 0.5) is 10.1 Å². The topological polar surface area (TPSA) is 49.5 Å². The zero-order chi connectivity index (χ0) is 10.6. The van der Waals surface area contributed by atoms with Gasteiger partial charge in [-0.15, -0.1) is 0 Å². The Kier molecular flexibility index (Phi) is 3.85. The Morgan fingerprint density at radius 3 is 2.86 bits per heavy atom. The molecule has 0 fully saturated rings. The Balaban J connectivity index is 2.70. The summed E-state index contributed by atoms with van der Waals surface area (Å²) in [5.41, 5.74) is 7.01. The van der Waals surface area contributed by atoms with Gasteiger partial charge in [0.15, 0.2) is 0 Å². The molecule has 0 aliphatic heterocycles. The zero-order valence-corrected chi connectivity index (χ0v) is 8.20. The third-order valence-corrected chi connectivity index (χ3v) is 2.03. The maximum absolute atomic E-state index is 12.9. The van der Waals surface area contributed by atoms with Gasteiger partial charge in [-0.25, -0.2) is 4.39 Å². The molecule has 0 radical (unpaired) electrons. The molecule has 1 aromatic carbocycles. The average Bonchev–Trinajstić information content (AvgIpc) is 2.12. The summed E-state index contributed by atoms with van der Waals surface area (Å²) in [6.07, 6.45) is 0. The number of anilines is 1. The first-order valence-corrected chi connectivity index (χ1v) is 4.47. The van der Waals surface area contributed by atoms with Crippen LogP contribution in [-0.2, 0) is 6.54 Å². The summed E-state index contributed by atoms with van der Waals surface area (Å²) in [4.78, 5) is 1.88. The van der Waals surface area contributed by atoms with Crippen molar-refractivity contribution in [2.45, 2.75) is 6.54 Å². The van der Waals surface area contributed by atoms with Crippen LogP contribution in [0, 0.1) is 5.82 Å². The van der Waals surface area contributed by atoms with Crippen LogP contribution in [0.25, 0.3) is 0 Å². The van der Waals surface area contributed by atoms with Crippen molar-refractivity contribution in [3.63, 3.8) is 0 Å². The van der Waals surface area contributed by atoms with Crippen LogP contribution in [0.1, 0.15) is 5.56 Å². The van der Waals surface area contributed by atoms with Crippen molar-refractivity contribution in [2.24, 2.45) is 0 Å². The van der Waals surface area contributed by atoms with Gasteiger partial charge in [-0.05, 0) is 30.8 Å². The Morgan fingerprint density at radius 2 is 2.21 bits per heavy atom. The van der Waals surface area contributed by atoms with E-state index in [-0.39, 0.29) is 12.4 Å². The summed E-state index contributed by atoms with van der Waals surface area (Å²) in [7, 11) is 1.85.